The minimum atomic E-state index is -0.0226. The Kier molecular flexibility index (Phi) is 5.12. The van der Waals surface area contributed by atoms with Gasteiger partial charge in [0.15, 0.2) is 0 Å². The van der Waals surface area contributed by atoms with Gasteiger partial charge in [-0.1, -0.05) is 31.5 Å². The molecule has 0 radical (unpaired) electrons. The number of aryl methyl sites for hydroxylation is 1. The van der Waals surface area contributed by atoms with Crippen LogP contribution in [0.5, 0.6) is 0 Å². The van der Waals surface area contributed by atoms with Crippen LogP contribution in [0, 0.1) is 18.3 Å². The van der Waals surface area contributed by atoms with Crippen LogP contribution < -0.4 is 16.2 Å². The van der Waals surface area contributed by atoms with Crippen molar-refractivity contribution < 1.29 is 0 Å². The van der Waals surface area contributed by atoms with E-state index in [1.54, 1.807) is 19.4 Å². The topological polar surface area (TPSA) is 84.7 Å². The summed E-state index contributed by atoms with van der Waals surface area (Å²) in [6, 6.07) is 12.0. The Balaban J connectivity index is 1.63. The molecule has 1 aliphatic rings. The van der Waals surface area contributed by atoms with Gasteiger partial charge < -0.3 is 15.2 Å². The van der Waals surface area contributed by atoms with Gasteiger partial charge in [-0.2, -0.15) is 0 Å². The van der Waals surface area contributed by atoms with Gasteiger partial charge in [-0.25, -0.2) is 15.0 Å². The molecule has 0 bridgehead atoms. The zero-order chi connectivity index (χ0) is 23.2. The normalized spacial score (nSPS) is 16.5. The Morgan fingerprint density at radius 2 is 1.82 bits per heavy atom. The molecule has 1 aromatic carbocycles. The van der Waals surface area contributed by atoms with Crippen molar-refractivity contribution in [3.8, 4) is 11.3 Å². The van der Waals surface area contributed by atoms with Gasteiger partial charge in [-0.05, 0) is 54.3 Å². The minimum Gasteiger partial charge on any atom is -0.357 e. The van der Waals surface area contributed by atoms with E-state index in [9.17, 15) is 4.79 Å². The molecule has 2 N–H and O–H groups in total. The van der Waals surface area contributed by atoms with E-state index in [4.69, 9.17) is 4.98 Å². The standard InChI is InChI=1S/C26H28N6O/c1-16-5-7-20(8-6-16)30-23-22-17(9-10-32(24(22)33)15-19-12-26(19,2)3)11-21(31-23)18-13-28-25(27-4)29-14-18/h5-11,13-14,19H,12,15H2,1-4H3,(H,30,31)(H,27,28,29). The van der Waals surface area contributed by atoms with Crippen molar-refractivity contribution in [1.29, 1.82) is 0 Å². The van der Waals surface area contributed by atoms with Crippen LogP contribution in [0.15, 0.2) is 59.8 Å². The van der Waals surface area contributed by atoms with Crippen molar-refractivity contribution in [1.82, 2.24) is 19.5 Å². The molecule has 0 spiro atoms. The van der Waals surface area contributed by atoms with E-state index >= 15 is 0 Å². The third-order valence-electron chi connectivity index (χ3n) is 6.58. The maximum absolute atomic E-state index is 13.5. The molecule has 3 aromatic heterocycles. The van der Waals surface area contributed by atoms with E-state index < -0.39 is 0 Å². The number of hydrogen-bond acceptors (Lipinski definition) is 6. The van der Waals surface area contributed by atoms with Crippen molar-refractivity contribution in [2.24, 2.45) is 11.3 Å². The molecule has 3 heterocycles. The molecular formula is C26H28N6O. The lowest BCUT2D eigenvalue weighted by atomic mass is 10.1. The van der Waals surface area contributed by atoms with Gasteiger partial charge in [0.05, 0.1) is 11.1 Å². The predicted molar refractivity (Wildman–Crippen MR) is 133 cm³/mol. The van der Waals surface area contributed by atoms with Crippen molar-refractivity contribution in [2.75, 3.05) is 17.7 Å². The maximum Gasteiger partial charge on any atom is 0.262 e. The quantitative estimate of drug-likeness (QED) is 0.439. The highest BCUT2D eigenvalue weighted by molar-refractivity contribution is 5.95. The third-order valence-corrected chi connectivity index (χ3v) is 6.58. The molecule has 33 heavy (non-hydrogen) atoms. The predicted octanol–water partition coefficient (Wildman–Crippen LogP) is 4.99. The van der Waals surface area contributed by atoms with E-state index in [0.29, 0.717) is 34.2 Å². The lowest BCUT2D eigenvalue weighted by molar-refractivity contribution is 0.492. The summed E-state index contributed by atoms with van der Waals surface area (Å²) >= 11 is 0. The molecule has 0 amide bonds. The number of benzene rings is 1. The fraction of sp³-hybridized carbons (Fsp3) is 0.308. The molecule has 7 nitrogen and oxygen atoms in total. The average Bonchev–Trinajstić information content (AvgIpc) is 3.42. The largest absolute Gasteiger partial charge is 0.357 e. The molecular weight excluding hydrogens is 412 g/mol. The first kappa shape index (κ1) is 21.1. The van der Waals surface area contributed by atoms with E-state index in [2.05, 4.69) is 34.4 Å². The molecule has 1 atom stereocenters. The first-order chi connectivity index (χ1) is 15.8. The summed E-state index contributed by atoms with van der Waals surface area (Å²) in [6.45, 7) is 7.28. The smallest absolute Gasteiger partial charge is 0.262 e. The summed E-state index contributed by atoms with van der Waals surface area (Å²) in [5, 5.41) is 7.73. The first-order valence-corrected chi connectivity index (χ1v) is 11.2. The second kappa shape index (κ2) is 7.99. The van der Waals surface area contributed by atoms with Crippen molar-refractivity contribution in [3.63, 3.8) is 0 Å². The summed E-state index contributed by atoms with van der Waals surface area (Å²) in [6.07, 6.45) is 6.52. The molecule has 0 aliphatic heterocycles. The van der Waals surface area contributed by atoms with Crippen LogP contribution >= 0.6 is 0 Å². The highest BCUT2D eigenvalue weighted by Crippen LogP contribution is 2.52. The van der Waals surface area contributed by atoms with Crippen LogP contribution in [0.4, 0.5) is 17.5 Å². The Hall–Kier alpha value is -3.74. The molecule has 4 aromatic rings. The second-order valence-electron chi connectivity index (χ2n) is 9.52. The molecule has 168 valence electrons. The van der Waals surface area contributed by atoms with Crippen molar-refractivity contribution in [2.45, 2.75) is 33.7 Å². The molecule has 0 saturated heterocycles. The van der Waals surface area contributed by atoms with Crippen LogP contribution in [0.25, 0.3) is 22.0 Å². The van der Waals surface area contributed by atoms with Gasteiger partial charge in [0.2, 0.25) is 5.95 Å². The zero-order valence-electron chi connectivity index (χ0n) is 19.4. The second-order valence-corrected chi connectivity index (χ2v) is 9.52. The van der Waals surface area contributed by atoms with Crippen molar-refractivity contribution in [3.05, 3.63) is 70.9 Å². The first-order valence-electron chi connectivity index (χ1n) is 11.2. The average molecular weight is 441 g/mol. The van der Waals surface area contributed by atoms with Crippen LogP contribution in [-0.4, -0.2) is 26.6 Å². The van der Waals surface area contributed by atoms with Crippen molar-refractivity contribution >= 4 is 28.2 Å². The summed E-state index contributed by atoms with van der Waals surface area (Å²) in [7, 11) is 1.78. The van der Waals surface area contributed by atoms with Gasteiger partial charge in [-0.3, -0.25) is 4.79 Å². The van der Waals surface area contributed by atoms with Crippen LogP contribution in [0.1, 0.15) is 25.8 Å². The number of rotatable bonds is 6. The lowest BCUT2D eigenvalue weighted by Crippen LogP contribution is -2.22. The SMILES string of the molecule is CNc1ncc(-c2cc3ccn(CC4CC4(C)C)c(=O)c3c(Nc3ccc(C)cc3)n2)cn1. The Bertz CT molecular complexity index is 1370. The van der Waals surface area contributed by atoms with Crippen LogP contribution in [-0.2, 0) is 6.54 Å². The van der Waals surface area contributed by atoms with E-state index in [1.165, 1.54) is 5.56 Å². The third kappa shape index (κ3) is 4.18. The van der Waals surface area contributed by atoms with Gasteiger partial charge in [0, 0.05) is 43.4 Å². The zero-order valence-corrected chi connectivity index (χ0v) is 19.4. The highest BCUT2D eigenvalue weighted by Gasteiger charge is 2.45. The van der Waals surface area contributed by atoms with Gasteiger partial charge in [0.1, 0.15) is 5.82 Å². The lowest BCUT2D eigenvalue weighted by Gasteiger charge is -2.14. The number of nitrogens with one attached hydrogen (secondary N) is 2. The monoisotopic (exact) mass is 440 g/mol. The van der Waals surface area contributed by atoms with Gasteiger partial charge in [-0.15, -0.1) is 0 Å². The highest BCUT2D eigenvalue weighted by atomic mass is 16.1. The van der Waals surface area contributed by atoms with Crippen LogP contribution in [0.2, 0.25) is 0 Å². The molecule has 1 aliphatic carbocycles. The Morgan fingerprint density at radius 1 is 1.12 bits per heavy atom. The number of fused-ring (bicyclic) bond motifs is 1. The fourth-order valence-electron chi connectivity index (χ4n) is 4.17. The molecule has 1 saturated carbocycles. The number of hydrogen-bond donors (Lipinski definition) is 2. The summed E-state index contributed by atoms with van der Waals surface area (Å²) in [5.41, 5.74) is 3.83. The van der Waals surface area contributed by atoms with Crippen LogP contribution in [0.3, 0.4) is 0 Å². The molecule has 5 rings (SSSR count). The minimum absolute atomic E-state index is 0.0226. The number of pyridine rings is 2. The number of aromatic nitrogens is 4. The molecule has 1 unspecified atom stereocenters. The van der Waals surface area contributed by atoms with E-state index in [-0.39, 0.29) is 5.56 Å². The summed E-state index contributed by atoms with van der Waals surface area (Å²) < 4.78 is 1.83. The number of nitrogens with zero attached hydrogens (tertiary/aromatic N) is 4. The molecule has 1 fully saturated rings. The molecule has 7 heteroatoms. The van der Waals surface area contributed by atoms with E-state index in [1.807, 2.05) is 54.1 Å². The van der Waals surface area contributed by atoms with Gasteiger partial charge >= 0.3 is 0 Å². The number of anilines is 3. The Labute approximate surface area is 192 Å². The summed E-state index contributed by atoms with van der Waals surface area (Å²) in [4.78, 5) is 27.0. The fourth-order valence-corrected chi connectivity index (χ4v) is 4.17. The van der Waals surface area contributed by atoms with Gasteiger partial charge in [0.25, 0.3) is 5.56 Å². The van der Waals surface area contributed by atoms with E-state index in [0.717, 1.165) is 29.6 Å². The summed E-state index contributed by atoms with van der Waals surface area (Å²) in [5.74, 6) is 1.61. The Morgan fingerprint density at radius 3 is 2.45 bits per heavy atom. The maximum atomic E-state index is 13.5.